The van der Waals surface area contributed by atoms with Crippen molar-refractivity contribution in [2.75, 3.05) is 16.3 Å². The van der Waals surface area contributed by atoms with E-state index in [4.69, 9.17) is 0 Å². The van der Waals surface area contributed by atoms with Crippen LogP contribution in [0.25, 0.3) is 10.8 Å². The number of carbonyl (C=O) groups is 1. The first kappa shape index (κ1) is 16.0. The van der Waals surface area contributed by atoms with Crippen LogP contribution in [0.5, 0.6) is 0 Å². The number of pyridine rings is 1. The molecule has 0 spiro atoms. The first-order valence-electron chi connectivity index (χ1n) is 7.88. The van der Waals surface area contributed by atoms with Crippen molar-refractivity contribution in [1.82, 2.24) is 4.98 Å². The van der Waals surface area contributed by atoms with Crippen LogP contribution in [0.1, 0.15) is 0 Å². The normalized spacial score (nSPS) is 17.0. The van der Waals surface area contributed by atoms with Crippen molar-refractivity contribution in [3.05, 3.63) is 66.5 Å². The number of nitriles is 1. The first-order valence-corrected chi connectivity index (χ1v) is 7.88. The van der Waals surface area contributed by atoms with Gasteiger partial charge in [0.2, 0.25) is 0 Å². The summed E-state index contributed by atoms with van der Waals surface area (Å²) < 4.78 is 27.7. The highest BCUT2D eigenvalue weighted by atomic mass is 19.1. The molecule has 0 bridgehead atoms. The molecule has 2 amide bonds. The third-order valence-electron chi connectivity index (χ3n) is 4.36. The van der Waals surface area contributed by atoms with Gasteiger partial charge in [0.15, 0.2) is 0 Å². The number of halogens is 2. The maximum absolute atomic E-state index is 14.1. The molecule has 1 atom stereocenters. The number of nitrogens with zero attached hydrogens (tertiary/aromatic N) is 4. The number of fused-ring (bicyclic) bond motifs is 1. The predicted molar refractivity (Wildman–Crippen MR) is 92.7 cm³/mol. The fourth-order valence-corrected chi connectivity index (χ4v) is 3.15. The zero-order valence-corrected chi connectivity index (χ0v) is 13.4. The molecule has 0 unspecified atom stereocenters. The van der Waals surface area contributed by atoms with Crippen LogP contribution in [-0.4, -0.2) is 23.6 Å². The number of carbonyl (C=O) groups excluding carboxylic acids is 1. The molecule has 3 aromatic rings. The molecule has 7 heteroatoms. The fourth-order valence-electron chi connectivity index (χ4n) is 3.15. The molecule has 1 aromatic heterocycles. The Hall–Kier alpha value is -3.53. The highest BCUT2D eigenvalue weighted by Gasteiger charge is 2.41. The molecule has 4 rings (SSSR count). The lowest BCUT2D eigenvalue weighted by Gasteiger charge is -2.21. The number of benzene rings is 2. The van der Waals surface area contributed by atoms with E-state index in [0.717, 1.165) is 33.9 Å². The summed E-state index contributed by atoms with van der Waals surface area (Å²) in [6.45, 7) is -0.0705. The van der Waals surface area contributed by atoms with Gasteiger partial charge in [-0.25, -0.2) is 13.6 Å². The highest BCUT2D eigenvalue weighted by molar-refractivity contribution is 6.11. The van der Waals surface area contributed by atoms with Gasteiger partial charge in [-0.15, -0.1) is 0 Å². The van der Waals surface area contributed by atoms with Crippen molar-refractivity contribution in [3.8, 4) is 6.07 Å². The van der Waals surface area contributed by atoms with Gasteiger partial charge < -0.3 is 0 Å². The molecule has 2 heterocycles. The quantitative estimate of drug-likeness (QED) is 0.705. The molecule has 0 N–H and O–H groups in total. The minimum Gasteiger partial charge on any atom is -0.288 e. The van der Waals surface area contributed by atoms with Crippen molar-refractivity contribution < 1.29 is 13.6 Å². The minimum atomic E-state index is -0.849. The minimum absolute atomic E-state index is 0.0705. The zero-order chi connectivity index (χ0) is 18.3. The molecule has 1 aliphatic rings. The van der Waals surface area contributed by atoms with Gasteiger partial charge in [-0.3, -0.25) is 14.8 Å². The lowest BCUT2D eigenvalue weighted by atomic mass is 10.1. The van der Waals surface area contributed by atoms with E-state index in [-0.39, 0.29) is 12.2 Å². The van der Waals surface area contributed by atoms with E-state index in [0.29, 0.717) is 5.69 Å². The number of urea groups is 1. The van der Waals surface area contributed by atoms with E-state index in [1.165, 1.54) is 11.1 Å². The lowest BCUT2D eigenvalue weighted by Crippen LogP contribution is -2.35. The predicted octanol–water partition coefficient (Wildman–Crippen LogP) is 3.85. The molecule has 0 saturated carbocycles. The molecule has 2 aromatic carbocycles. The van der Waals surface area contributed by atoms with E-state index in [9.17, 15) is 18.8 Å². The van der Waals surface area contributed by atoms with Gasteiger partial charge in [0.25, 0.3) is 0 Å². The summed E-state index contributed by atoms with van der Waals surface area (Å²) >= 11 is 0. The Morgan fingerprint density at radius 3 is 2.73 bits per heavy atom. The third kappa shape index (κ3) is 2.43. The second kappa shape index (κ2) is 6.08. The fraction of sp³-hybridized carbons (Fsp3) is 0.105. The van der Waals surface area contributed by atoms with Crippen LogP contribution >= 0.6 is 0 Å². The van der Waals surface area contributed by atoms with Gasteiger partial charge in [-0.1, -0.05) is 24.3 Å². The van der Waals surface area contributed by atoms with E-state index < -0.39 is 23.7 Å². The van der Waals surface area contributed by atoms with Gasteiger partial charge >= 0.3 is 6.03 Å². The average Bonchev–Trinajstić information content (AvgIpc) is 2.99. The molecule has 0 radical (unpaired) electrons. The van der Waals surface area contributed by atoms with Crippen LogP contribution in [0.15, 0.2) is 54.9 Å². The number of hydrogen-bond acceptors (Lipinski definition) is 3. The van der Waals surface area contributed by atoms with Crippen LogP contribution in [0.4, 0.5) is 25.0 Å². The van der Waals surface area contributed by atoms with Crippen molar-refractivity contribution >= 4 is 28.2 Å². The first-order chi connectivity index (χ1) is 12.6. The number of aromatic nitrogens is 1. The highest BCUT2D eigenvalue weighted by Crippen LogP contribution is 2.34. The molecular weight excluding hydrogens is 338 g/mol. The third-order valence-corrected chi connectivity index (χ3v) is 4.36. The Bertz CT molecular complexity index is 1060. The number of hydrogen-bond donors (Lipinski definition) is 0. The topological polar surface area (TPSA) is 60.2 Å². The van der Waals surface area contributed by atoms with Crippen molar-refractivity contribution in [3.63, 3.8) is 0 Å². The van der Waals surface area contributed by atoms with Gasteiger partial charge in [0, 0.05) is 23.0 Å². The van der Waals surface area contributed by atoms with Crippen molar-refractivity contribution in [2.24, 2.45) is 0 Å². The molecule has 0 aliphatic carbocycles. The standard InChI is InChI=1S/C19H12F2N4O/c20-13-5-6-16(21)17(7-13)24-11-14(8-22)25(19(24)26)18-10-23-9-12-3-1-2-4-15(12)18/h1-7,9-10,14H,11H2/t14-/m0/s1. The second-order valence-electron chi connectivity index (χ2n) is 5.88. The lowest BCUT2D eigenvalue weighted by molar-refractivity contribution is 0.255. The van der Waals surface area contributed by atoms with Crippen LogP contribution in [0.2, 0.25) is 0 Å². The van der Waals surface area contributed by atoms with Crippen molar-refractivity contribution in [1.29, 1.82) is 5.26 Å². The van der Waals surface area contributed by atoms with Crippen molar-refractivity contribution in [2.45, 2.75) is 6.04 Å². The Kier molecular flexibility index (Phi) is 3.73. The van der Waals surface area contributed by atoms with Gasteiger partial charge in [0.1, 0.15) is 17.7 Å². The summed E-state index contributed by atoms with van der Waals surface area (Å²) in [5.41, 5.74) is 0.268. The zero-order valence-electron chi connectivity index (χ0n) is 13.4. The number of rotatable bonds is 2. The number of anilines is 2. The van der Waals surface area contributed by atoms with E-state index in [1.807, 2.05) is 24.3 Å². The van der Waals surface area contributed by atoms with Crippen LogP contribution in [-0.2, 0) is 0 Å². The Morgan fingerprint density at radius 1 is 1.12 bits per heavy atom. The molecule has 26 heavy (non-hydrogen) atoms. The summed E-state index contributed by atoms with van der Waals surface area (Å²) in [6, 6.07) is 10.8. The van der Waals surface area contributed by atoms with E-state index in [2.05, 4.69) is 11.1 Å². The summed E-state index contributed by atoms with van der Waals surface area (Å²) in [7, 11) is 0. The van der Waals surface area contributed by atoms with Crippen LogP contribution in [0, 0.1) is 23.0 Å². The number of amides is 2. The van der Waals surface area contributed by atoms with Gasteiger partial charge in [-0.05, 0) is 12.1 Å². The Morgan fingerprint density at radius 2 is 1.92 bits per heavy atom. The summed E-state index contributed by atoms with van der Waals surface area (Å²) in [6.07, 6.45) is 3.15. The monoisotopic (exact) mass is 350 g/mol. The smallest absolute Gasteiger partial charge is 0.288 e. The molecule has 1 fully saturated rings. The van der Waals surface area contributed by atoms with E-state index >= 15 is 0 Å². The summed E-state index contributed by atoms with van der Waals surface area (Å²) in [4.78, 5) is 19.5. The van der Waals surface area contributed by atoms with Gasteiger partial charge in [0.05, 0.1) is 30.2 Å². The van der Waals surface area contributed by atoms with Gasteiger partial charge in [-0.2, -0.15) is 5.26 Å². The van der Waals surface area contributed by atoms with Crippen LogP contribution in [0.3, 0.4) is 0 Å². The Labute approximate surface area is 147 Å². The SMILES string of the molecule is N#C[C@H]1CN(c2cc(F)ccc2F)C(=O)N1c1cncc2ccccc12. The summed E-state index contributed by atoms with van der Waals surface area (Å²) in [5.74, 6) is -1.39. The summed E-state index contributed by atoms with van der Waals surface area (Å²) in [5, 5.41) is 11.1. The average molecular weight is 350 g/mol. The van der Waals surface area contributed by atoms with E-state index in [1.54, 1.807) is 6.20 Å². The maximum Gasteiger partial charge on any atom is 0.330 e. The van der Waals surface area contributed by atoms with Crippen LogP contribution < -0.4 is 9.80 Å². The molecular formula is C19H12F2N4O. The molecule has 5 nitrogen and oxygen atoms in total. The second-order valence-corrected chi connectivity index (χ2v) is 5.88. The molecule has 1 aliphatic heterocycles. The molecule has 1 saturated heterocycles. The molecule has 128 valence electrons. The largest absolute Gasteiger partial charge is 0.330 e. The Balaban J connectivity index is 1.83. The maximum atomic E-state index is 14.1.